The topological polar surface area (TPSA) is 0 Å². The van der Waals surface area contributed by atoms with Crippen LogP contribution in [0.3, 0.4) is 0 Å². The smallest absolute Gasteiger partial charge is 0.0208 e. The van der Waals surface area contributed by atoms with E-state index in [1.54, 1.807) is 0 Å². The molecule has 0 spiro atoms. The van der Waals surface area contributed by atoms with Crippen molar-refractivity contribution in [2.75, 3.05) is 0 Å². The minimum absolute atomic E-state index is 0.870. The van der Waals surface area contributed by atoms with Crippen LogP contribution in [0.25, 0.3) is 0 Å². The first-order valence-electron chi connectivity index (χ1n) is 7.01. The first-order chi connectivity index (χ1) is 7.34. The van der Waals surface area contributed by atoms with Crippen molar-refractivity contribution in [2.24, 2.45) is 11.8 Å². The Balaban J connectivity index is 2.37. The normalized spacial score (nSPS) is 27.5. The number of hydrogen-bond acceptors (Lipinski definition) is 0. The van der Waals surface area contributed by atoms with Gasteiger partial charge in [-0.1, -0.05) is 64.5 Å². The zero-order valence-corrected chi connectivity index (χ0v) is 10.7. The fourth-order valence-corrected chi connectivity index (χ4v) is 2.58. The molecule has 0 radical (unpaired) electrons. The molecule has 0 aromatic carbocycles. The van der Waals surface area contributed by atoms with Crippen LogP contribution in [0.5, 0.6) is 0 Å². The largest absolute Gasteiger partial charge is 0.0882 e. The molecule has 0 heterocycles. The maximum atomic E-state index is 2.52. The highest BCUT2D eigenvalue weighted by molar-refractivity contribution is 4.91. The molecule has 0 aromatic heterocycles. The summed E-state index contributed by atoms with van der Waals surface area (Å²) >= 11 is 0. The lowest BCUT2D eigenvalue weighted by atomic mass is 9.85. The zero-order valence-electron chi connectivity index (χ0n) is 10.7. The maximum absolute atomic E-state index is 2.52. The number of rotatable bonds is 4. The third kappa shape index (κ3) is 5.39. The minimum Gasteiger partial charge on any atom is -0.0882 e. The van der Waals surface area contributed by atoms with E-state index in [0.29, 0.717) is 0 Å². The Labute approximate surface area is 96.2 Å². The third-order valence-electron chi connectivity index (χ3n) is 3.79. The molecule has 0 nitrogen and oxygen atoms in total. The Bertz CT molecular complexity index is 169. The van der Waals surface area contributed by atoms with Crippen LogP contribution in [0.2, 0.25) is 0 Å². The van der Waals surface area contributed by atoms with E-state index in [-0.39, 0.29) is 0 Å². The van der Waals surface area contributed by atoms with Crippen molar-refractivity contribution in [3.8, 4) is 0 Å². The van der Waals surface area contributed by atoms with Gasteiger partial charge in [-0.15, -0.1) is 0 Å². The molecule has 2 atom stereocenters. The molecule has 0 saturated carbocycles. The predicted octanol–water partition coefficient (Wildman–Crippen LogP) is 5.34. The molecule has 0 amide bonds. The van der Waals surface area contributed by atoms with Crippen molar-refractivity contribution in [2.45, 2.75) is 71.6 Å². The molecular weight excluding hydrogens is 180 g/mol. The zero-order chi connectivity index (χ0) is 10.9. The van der Waals surface area contributed by atoms with E-state index >= 15 is 0 Å². The van der Waals surface area contributed by atoms with Crippen molar-refractivity contribution >= 4 is 0 Å². The highest BCUT2D eigenvalue weighted by atomic mass is 14.2. The molecule has 0 aliphatic heterocycles. The number of allylic oxidation sites excluding steroid dienone is 2. The third-order valence-corrected chi connectivity index (χ3v) is 3.79. The average Bonchev–Trinajstić information content (AvgIpc) is 2.38. The van der Waals surface area contributed by atoms with Gasteiger partial charge >= 0.3 is 0 Å². The van der Waals surface area contributed by atoms with Gasteiger partial charge < -0.3 is 0 Å². The molecular formula is C15H28. The molecule has 2 unspecified atom stereocenters. The predicted molar refractivity (Wildman–Crippen MR) is 69.0 cm³/mol. The Hall–Kier alpha value is -0.260. The van der Waals surface area contributed by atoms with Crippen LogP contribution in [-0.2, 0) is 0 Å². The molecule has 0 saturated heterocycles. The van der Waals surface area contributed by atoms with Crippen LogP contribution >= 0.6 is 0 Å². The standard InChI is InChI=1S/C15H28/c1-3-4-11-14(2)15-12-9-7-5-6-8-10-13-15/h9,12,14-15H,3-8,10-11,13H2,1-2H3/b12-9-. The van der Waals surface area contributed by atoms with Gasteiger partial charge in [0.05, 0.1) is 0 Å². The van der Waals surface area contributed by atoms with Crippen molar-refractivity contribution in [3.63, 3.8) is 0 Å². The lowest BCUT2D eigenvalue weighted by Crippen LogP contribution is -2.09. The number of unbranched alkanes of at least 4 members (excludes halogenated alkanes) is 1. The van der Waals surface area contributed by atoms with E-state index in [9.17, 15) is 0 Å². The summed E-state index contributed by atoms with van der Waals surface area (Å²) in [5.74, 6) is 1.77. The SMILES string of the molecule is CCCCC(C)C1/C=C\CCCCCC1. The lowest BCUT2D eigenvalue weighted by Gasteiger charge is -2.20. The van der Waals surface area contributed by atoms with Crippen LogP contribution in [-0.4, -0.2) is 0 Å². The van der Waals surface area contributed by atoms with Crippen LogP contribution in [0.15, 0.2) is 12.2 Å². The summed E-state index contributed by atoms with van der Waals surface area (Å²) in [5, 5.41) is 0. The lowest BCUT2D eigenvalue weighted by molar-refractivity contribution is 0.360. The quantitative estimate of drug-likeness (QED) is 0.547. The Morgan fingerprint density at radius 2 is 2.00 bits per heavy atom. The summed E-state index contributed by atoms with van der Waals surface area (Å²) in [4.78, 5) is 0. The first kappa shape index (κ1) is 12.8. The van der Waals surface area contributed by atoms with Gasteiger partial charge in [0.2, 0.25) is 0 Å². The van der Waals surface area contributed by atoms with E-state index in [4.69, 9.17) is 0 Å². The molecule has 0 bridgehead atoms. The van der Waals surface area contributed by atoms with Crippen molar-refractivity contribution in [1.29, 1.82) is 0 Å². The van der Waals surface area contributed by atoms with Crippen LogP contribution < -0.4 is 0 Å². The Kier molecular flexibility index (Phi) is 6.80. The van der Waals surface area contributed by atoms with Gasteiger partial charge in [-0.3, -0.25) is 0 Å². The summed E-state index contributed by atoms with van der Waals surface area (Å²) in [6.45, 7) is 4.74. The van der Waals surface area contributed by atoms with Crippen LogP contribution in [0, 0.1) is 11.8 Å². The second-order valence-electron chi connectivity index (χ2n) is 5.20. The summed E-state index contributed by atoms with van der Waals surface area (Å²) < 4.78 is 0. The van der Waals surface area contributed by atoms with Gasteiger partial charge in [0.25, 0.3) is 0 Å². The van der Waals surface area contributed by atoms with Crippen LogP contribution in [0.1, 0.15) is 71.6 Å². The first-order valence-corrected chi connectivity index (χ1v) is 7.01. The minimum atomic E-state index is 0.870. The van der Waals surface area contributed by atoms with Gasteiger partial charge in [-0.05, 0) is 31.1 Å². The van der Waals surface area contributed by atoms with Gasteiger partial charge in [-0.2, -0.15) is 0 Å². The van der Waals surface area contributed by atoms with E-state index in [2.05, 4.69) is 26.0 Å². The second kappa shape index (κ2) is 7.96. The van der Waals surface area contributed by atoms with Crippen molar-refractivity contribution < 1.29 is 0 Å². The fourth-order valence-electron chi connectivity index (χ4n) is 2.58. The summed E-state index contributed by atoms with van der Waals surface area (Å²) in [6.07, 6.45) is 17.7. The number of hydrogen-bond donors (Lipinski definition) is 0. The molecule has 88 valence electrons. The molecule has 0 aromatic rings. The second-order valence-corrected chi connectivity index (χ2v) is 5.20. The summed E-state index contributed by atoms with van der Waals surface area (Å²) in [5.41, 5.74) is 0. The molecule has 1 aliphatic rings. The maximum Gasteiger partial charge on any atom is -0.0208 e. The Morgan fingerprint density at radius 3 is 2.80 bits per heavy atom. The van der Waals surface area contributed by atoms with Gasteiger partial charge in [-0.25, -0.2) is 0 Å². The van der Waals surface area contributed by atoms with E-state index in [0.717, 1.165) is 11.8 Å². The van der Waals surface area contributed by atoms with E-state index in [1.807, 2.05) is 0 Å². The van der Waals surface area contributed by atoms with Crippen LogP contribution in [0.4, 0.5) is 0 Å². The van der Waals surface area contributed by atoms with Gasteiger partial charge in [0.1, 0.15) is 0 Å². The summed E-state index contributed by atoms with van der Waals surface area (Å²) in [6, 6.07) is 0. The van der Waals surface area contributed by atoms with Crippen molar-refractivity contribution in [3.05, 3.63) is 12.2 Å². The molecule has 1 rings (SSSR count). The fraction of sp³-hybridized carbons (Fsp3) is 0.867. The average molecular weight is 208 g/mol. The molecule has 0 N–H and O–H groups in total. The van der Waals surface area contributed by atoms with E-state index in [1.165, 1.54) is 57.8 Å². The highest BCUT2D eigenvalue weighted by Crippen LogP contribution is 2.26. The Morgan fingerprint density at radius 1 is 1.20 bits per heavy atom. The molecule has 0 fully saturated rings. The summed E-state index contributed by atoms with van der Waals surface area (Å²) in [7, 11) is 0. The van der Waals surface area contributed by atoms with Crippen molar-refractivity contribution in [1.82, 2.24) is 0 Å². The van der Waals surface area contributed by atoms with Gasteiger partial charge in [0.15, 0.2) is 0 Å². The molecule has 1 aliphatic carbocycles. The van der Waals surface area contributed by atoms with E-state index < -0.39 is 0 Å². The molecule has 0 heteroatoms. The highest BCUT2D eigenvalue weighted by Gasteiger charge is 2.14. The molecule has 15 heavy (non-hydrogen) atoms. The van der Waals surface area contributed by atoms with Gasteiger partial charge in [0, 0.05) is 0 Å². The monoisotopic (exact) mass is 208 g/mol.